The lowest BCUT2D eigenvalue weighted by Gasteiger charge is -2.17. The van der Waals surface area contributed by atoms with Crippen LogP contribution in [0.5, 0.6) is 0 Å². The molecule has 1 aliphatic carbocycles. The number of benzene rings is 2. The summed E-state index contributed by atoms with van der Waals surface area (Å²) in [7, 11) is 0. The minimum Gasteiger partial charge on any atom is -0.312 e. The van der Waals surface area contributed by atoms with Crippen molar-refractivity contribution in [2.45, 2.75) is 32.9 Å². The number of hydrogen-bond donors (Lipinski definition) is 1. The fourth-order valence-electron chi connectivity index (χ4n) is 4.10. The number of nitrogens with one attached hydrogen (secondary N) is 1. The second kappa shape index (κ2) is 6.62. The smallest absolute Gasteiger partial charge is 0.232 e. The molecule has 2 atom stereocenters. The molecule has 0 radical (unpaired) electrons. The number of carbonyl (C=O) groups is 2. The number of rotatable bonds is 3. The fourth-order valence-corrected chi connectivity index (χ4v) is 5.01. The van der Waals surface area contributed by atoms with Crippen LogP contribution in [0.2, 0.25) is 0 Å². The highest BCUT2D eigenvalue weighted by atomic mass is 32.1. The third kappa shape index (κ3) is 3.09. The van der Waals surface area contributed by atoms with Gasteiger partial charge in [-0.15, -0.1) is 0 Å². The molecule has 29 heavy (non-hydrogen) atoms. The van der Waals surface area contributed by atoms with E-state index in [2.05, 4.69) is 29.4 Å². The Hall–Kier alpha value is -2.80. The van der Waals surface area contributed by atoms with E-state index in [9.17, 15) is 14.0 Å². The Morgan fingerprint density at radius 2 is 2.07 bits per heavy atom. The maximum Gasteiger partial charge on any atom is 0.232 e. The molecule has 0 spiro atoms. The van der Waals surface area contributed by atoms with Gasteiger partial charge in [0.1, 0.15) is 6.17 Å². The van der Waals surface area contributed by atoms with Crippen molar-refractivity contribution in [1.29, 1.82) is 0 Å². The summed E-state index contributed by atoms with van der Waals surface area (Å²) < 4.78 is 14.1. The molecule has 2 unspecified atom stereocenters. The topological polar surface area (TPSA) is 62.3 Å². The molecule has 0 saturated heterocycles. The van der Waals surface area contributed by atoms with Gasteiger partial charge in [-0.2, -0.15) is 0 Å². The predicted molar refractivity (Wildman–Crippen MR) is 113 cm³/mol. The van der Waals surface area contributed by atoms with E-state index in [1.807, 2.05) is 23.1 Å². The number of carbonyl (C=O) groups excluding carboxylic acids is 2. The van der Waals surface area contributed by atoms with Gasteiger partial charge in [0, 0.05) is 19.2 Å². The Kier molecular flexibility index (Phi) is 4.17. The molecule has 3 aromatic rings. The Balaban J connectivity index is 1.51. The number of alkyl halides is 1. The summed E-state index contributed by atoms with van der Waals surface area (Å²) in [6.45, 7) is 4.38. The third-order valence-electron chi connectivity index (χ3n) is 5.71. The molecule has 5 rings (SSSR count). The summed E-state index contributed by atoms with van der Waals surface area (Å²) in [5.74, 6) is -0.766. The molecule has 1 saturated carbocycles. The molecule has 2 aliphatic rings. The van der Waals surface area contributed by atoms with Crippen molar-refractivity contribution in [2.24, 2.45) is 5.92 Å². The Morgan fingerprint density at radius 3 is 2.79 bits per heavy atom. The van der Waals surface area contributed by atoms with E-state index in [-0.39, 0.29) is 11.8 Å². The summed E-state index contributed by atoms with van der Waals surface area (Å²) in [6, 6.07) is 10.1. The molecule has 5 nitrogen and oxygen atoms in total. The van der Waals surface area contributed by atoms with E-state index in [1.54, 1.807) is 6.92 Å². The molecule has 1 aliphatic heterocycles. The number of nitrogens with zero attached hydrogens (tertiary/aromatic N) is 2. The number of aromatic nitrogens is 1. The molecule has 1 fully saturated rings. The van der Waals surface area contributed by atoms with Crippen LogP contribution in [-0.2, 0) is 16.0 Å². The quantitative estimate of drug-likeness (QED) is 0.694. The molecule has 7 heteroatoms. The second-order valence-electron chi connectivity index (χ2n) is 7.72. The third-order valence-corrected chi connectivity index (χ3v) is 6.64. The van der Waals surface area contributed by atoms with Crippen LogP contribution in [0.1, 0.15) is 24.5 Å². The average molecular weight is 409 g/mol. The number of amides is 2. The summed E-state index contributed by atoms with van der Waals surface area (Å²) in [6.07, 6.45) is 0.115. The molecule has 2 heterocycles. The summed E-state index contributed by atoms with van der Waals surface area (Å²) in [5.41, 5.74) is 6.38. The van der Waals surface area contributed by atoms with E-state index in [1.165, 1.54) is 16.9 Å². The fraction of sp³-hybridized carbons (Fsp3) is 0.318. The zero-order chi connectivity index (χ0) is 20.3. The maximum atomic E-state index is 13.1. The zero-order valence-corrected chi connectivity index (χ0v) is 17.0. The molecule has 1 aromatic heterocycles. The van der Waals surface area contributed by atoms with Gasteiger partial charge in [0.25, 0.3) is 0 Å². The first-order valence-corrected chi connectivity index (χ1v) is 10.5. The first-order valence-electron chi connectivity index (χ1n) is 9.69. The van der Waals surface area contributed by atoms with Gasteiger partial charge in [-0.1, -0.05) is 23.5 Å². The van der Waals surface area contributed by atoms with Gasteiger partial charge in [0.05, 0.1) is 16.1 Å². The summed E-state index contributed by atoms with van der Waals surface area (Å²) in [4.78, 5) is 30.2. The zero-order valence-electron chi connectivity index (χ0n) is 16.2. The van der Waals surface area contributed by atoms with Gasteiger partial charge >= 0.3 is 0 Å². The average Bonchev–Trinajstić information content (AvgIpc) is 3.09. The van der Waals surface area contributed by atoms with Crippen LogP contribution >= 0.6 is 11.3 Å². The number of anilines is 2. The highest BCUT2D eigenvalue weighted by molar-refractivity contribution is 7.22. The minimum atomic E-state index is -1.02. The monoisotopic (exact) mass is 409 g/mol. The SMILES string of the molecule is CC(=O)N1CCc2c1ccc(C)c2-c1ccc2nc(NC(=O)C3CC3F)sc2c1. The van der Waals surface area contributed by atoms with Crippen LogP contribution < -0.4 is 10.2 Å². The van der Waals surface area contributed by atoms with Gasteiger partial charge < -0.3 is 10.2 Å². The molecule has 0 bridgehead atoms. The highest BCUT2D eigenvalue weighted by Gasteiger charge is 2.43. The van der Waals surface area contributed by atoms with Gasteiger partial charge in [-0.05, 0) is 60.2 Å². The van der Waals surface area contributed by atoms with Gasteiger partial charge in [0.15, 0.2) is 5.13 Å². The first kappa shape index (κ1) is 18.2. The minimum absolute atomic E-state index is 0.0584. The van der Waals surface area contributed by atoms with Gasteiger partial charge in [-0.25, -0.2) is 9.37 Å². The number of halogens is 1. The summed E-state index contributed by atoms with van der Waals surface area (Å²) >= 11 is 1.40. The molecule has 2 amide bonds. The van der Waals surface area contributed by atoms with E-state index in [0.29, 0.717) is 18.1 Å². The molecule has 148 valence electrons. The van der Waals surface area contributed by atoms with Gasteiger partial charge in [-0.3, -0.25) is 9.59 Å². The van der Waals surface area contributed by atoms with E-state index in [0.717, 1.165) is 39.0 Å². The Labute approximate surface area is 171 Å². The standard InChI is InChI=1S/C22H20FN3O2S/c1-11-3-6-18-14(7-8-26(18)12(2)27)20(11)13-4-5-17-19(9-13)29-22(24-17)25-21(28)15-10-16(15)23/h3-6,9,15-16H,7-8,10H2,1-2H3,(H,24,25,28). The Bertz CT molecular complexity index is 1170. The number of hydrogen-bond acceptors (Lipinski definition) is 4. The lowest BCUT2D eigenvalue weighted by atomic mass is 9.93. The van der Waals surface area contributed by atoms with E-state index < -0.39 is 12.1 Å². The summed E-state index contributed by atoms with van der Waals surface area (Å²) in [5, 5.41) is 3.24. The van der Waals surface area contributed by atoms with Crippen LogP contribution in [0.25, 0.3) is 21.3 Å². The van der Waals surface area contributed by atoms with Crippen molar-refractivity contribution >= 4 is 44.2 Å². The van der Waals surface area contributed by atoms with Crippen LogP contribution in [0, 0.1) is 12.8 Å². The van der Waals surface area contributed by atoms with Crippen LogP contribution in [0.3, 0.4) is 0 Å². The van der Waals surface area contributed by atoms with Crippen molar-refractivity contribution in [3.63, 3.8) is 0 Å². The molecule has 1 N–H and O–H groups in total. The maximum absolute atomic E-state index is 13.1. The molecular formula is C22H20FN3O2S. The number of thiazole rings is 1. The van der Waals surface area contributed by atoms with Crippen molar-refractivity contribution in [2.75, 3.05) is 16.8 Å². The van der Waals surface area contributed by atoms with Crippen LogP contribution in [0.15, 0.2) is 30.3 Å². The largest absolute Gasteiger partial charge is 0.312 e. The van der Waals surface area contributed by atoms with Gasteiger partial charge in [0.2, 0.25) is 11.8 Å². The second-order valence-corrected chi connectivity index (χ2v) is 8.76. The number of aryl methyl sites for hydroxylation is 1. The first-order chi connectivity index (χ1) is 13.9. The van der Waals surface area contributed by atoms with Crippen LogP contribution in [0.4, 0.5) is 15.2 Å². The molecule has 2 aromatic carbocycles. The highest BCUT2D eigenvalue weighted by Crippen LogP contribution is 2.40. The normalized spacial score (nSPS) is 20.0. The predicted octanol–water partition coefficient (Wildman–Crippen LogP) is 4.48. The van der Waals surface area contributed by atoms with Crippen molar-refractivity contribution in [3.05, 3.63) is 41.5 Å². The molecular weight excluding hydrogens is 389 g/mol. The van der Waals surface area contributed by atoms with Crippen molar-refractivity contribution in [1.82, 2.24) is 4.98 Å². The van der Waals surface area contributed by atoms with Crippen molar-refractivity contribution < 1.29 is 14.0 Å². The lowest BCUT2D eigenvalue weighted by molar-refractivity contribution is -0.118. The lowest BCUT2D eigenvalue weighted by Crippen LogP contribution is -2.25. The Morgan fingerprint density at radius 1 is 1.28 bits per heavy atom. The van der Waals surface area contributed by atoms with E-state index in [4.69, 9.17) is 0 Å². The van der Waals surface area contributed by atoms with Crippen LogP contribution in [-0.4, -0.2) is 29.5 Å². The number of fused-ring (bicyclic) bond motifs is 2. The van der Waals surface area contributed by atoms with Crippen molar-refractivity contribution in [3.8, 4) is 11.1 Å². The van der Waals surface area contributed by atoms with E-state index >= 15 is 0 Å².